The van der Waals surface area contributed by atoms with E-state index in [2.05, 4.69) is 29.9 Å². The first-order valence-corrected chi connectivity index (χ1v) is 8.06. The van der Waals surface area contributed by atoms with Crippen molar-refractivity contribution in [2.24, 2.45) is 7.05 Å². The van der Waals surface area contributed by atoms with Gasteiger partial charge in [0.1, 0.15) is 18.5 Å². The number of aromatic nitrogens is 2. The maximum absolute atomic E-state index is 10.3. The lowest BCUT2D eigenvalue weighted by molar-refractivity contribution is 0.0672. The van der Waals surface area contributed by atoms with E-state index in [9.17, 15) is 5.11 Å². The molecule has 0 aliphatic carbocycles. The quantitative estimate of drug-likeness (QED) is 0.812. The fourth-order valence-electron chi connectivity index (χ4n) is 2.62. The van der Waals surface area contributed by atoms with Crippen LogP contribution in [0.5, 0.6) is 5.75 Å². The van der Waals surface area contributed by atoms with Crippen molar-refractivity contribution >= 4 is 0 Å². The minimum absolute atomic E-state index is 0.299. The molecule has 1 aromatic carbocycles. The van der Waals surface area contributed by atoms with Crippen LogP contribution in [0.25, 0.3) is 0 Å². The molecule has 0 aliphatic rings. The van der Waals surface area contributed by atoms with E-state index in [1.54, 1.807) is 4.68 Å². The summed E-state index contributed by atoms with van der Waals surface area (Å²) in [6.07, 6.45) is 3.34. The Bertz CT molecular complexity index is 624. The van der Waals surface area contributed by atoms with Gasteiger partial charge in [0.25, 0.3) is 0 Å². The summed E-state index contributed by atoms with van der Waals surface area (Å²) in [6, 6.07) is 6.07. The highest BCUT2D eigenvalue weighted by atomic mass is 16.5. The molecule has 0 amide bonds. The van der Waals surface area contributed by atoms with Gasteiger partial charge < -0.3 is 9.84 Å². The fraction of sp³-hybridized carbons (Fsp3) is 0.500. The van der Waals surface area contributed by atoms with Gasteiger partial charge in [-0.2, -0.15) is 5.10 Å². The molecular weight excluding hydrogens is 290 g/mol. The zero-order chi connectivity index (χ0) is 16.8. The van der Waals surface area contributed by atoms with Crippen LogP contribution in [0.3, 0.4) is 0 Å². The normalized spacial score (nSPS) is 12.6. The van der Waals surface area contributed by atoms with Crippen LogP contribution in [0.4, 0.5) is 0 Å². The summed E-state index contributed by atoms with van der Waals surface area (Å²) in [4.78, 5) is 2.19. The molecule has 1 heterocycles. The van der Waals surface area contributed by atoms with Crippen LogP contribution in [0.2, 0.25) is 0 Å². The molecule has 0 saturated carbocycles. The summed E-state index contributed by atoms with van der Waals surface area (Å²) in [5.41, 5.74) is 3.46. The lowest BCUT2D eigenvalue weighted by Crippen LogP contribution is -2.35. The number of hydrogen-bond acceptors (Lipinski definition) is 4. The number of nitrogens with zero attached hydrogens (tertiary/aromatic N) is 3. The molecule has 0 radical (unpaired) electrons. The van der Waals surface area contributed by atoms with Gasteiger partial charge in [-0.25, -0.2) is 0 Å². The third kappa shape index (κ3) is 5.37. The molecule has 0 spiro atoms. The number of aliphatic hydroxyl groups excluding tert-OH is 1. The van der Waals surface area contributed by atoms with Gasteiger partial charge in [0.2, 0.25) is 0 Å². The highest BCUT2D eigenvalue weighted by Crippen LogP contribution is 2.19. The van der Waals surface area contributed by atoms with Crippen molar-refractivity contribution in [1.82, 2.24) is 14.7 Å². The molecule has 0 aliphatic heterocycles. The number of likely N-dealkylation sites (N-methyl/N-ethyl adjacent to an activating group) is 1. The van der Waals surface area contributed by atoms with Crippen LogP contribution in [0.15, 0.2) is 30.6 Å². The van der Waals surface area contributed by atoms with Gasteiger partial charge in [0.15, 0.2) is 0 Å². The standard InChI is InChI=1S/C18H27N3O2/c1-5-21(11-16-9-19-20(4)10-16)12-17(22)13-23-18-7-6-14(2)8-15(18)3/h6-10,17,22H,5,11-13H2,1-4H3. The van der Waals surface area contributed by atoms with Gasteiger partial charge in [0.05, 0.1) is 6.20 Å². The Kier molecular flexibility index (Phi) is 6.19. The molecule has 1 N–H and O–H groups in total. The molecule has 0 fully saturated rings. The van der Waals surface area contributed by atoms with E-state index in [-0.39, 0.29) is 0 Å². The van der Waals surface area contributed by atoms with Crippen LogP contribution in [0, 0.1) is 13.8 Å². The van der Waals surface area contributed by atoms with Crippen LogP contribution >= 0.6 is 0 Å². The minimum Gasteiger partial charge on any atom is -0.491 e. The van der Waals surface area contributed by atoms with Crippen molar-refractivity contribution in [3.8, 4) is 5.75 Å². The molecular formula is C18H27N3O2. The largest absolute Gasteiger partial charge is 0.491 e. The highest BCUT2D eigenvalue weighted by molar-refractivity contribution is 5.35. The second kappa shape index (κ2) is 8.13. The second-order valence-corrected chi connectivity index (χ2v) is 6.08. The Balaban J connectivity index is 1.83. The highest BCUT2D eigenvalue weighted by Gasteiger charge is 2.13. The maximum Gasteiger partial charge on any atom is 0.122 e. The van der Waals surface area contributed by atoms with Crippen molar-refractivity contribution < 1.29 is 9.84 Å². The van der Waals surface area contributed by atoms with Crippen molar-refractivity contribution in [3.63, 3.8) is 0 Å². The molecule has 126 valence electrons. The Labute approximate surface area is 138 Å². The van der Waals surface area contributed by atoms with E-state index in [0.29, 0.717) is 13.2 Å². The molecule has 2 rings (SSSR count). The second-order valence-electron chi connectivity index (χ2n) is 6.08. The first kappa shape index (κ1) is 17.5. The van der Waals surface area contributed by atoms with Crippen molar-refractivity contribution in [1.29, 1.82) is 0 Å². The summed E-state index contributed by atoms with van der Waals surface area (Å²) in [6.45, 7) is 8.71. The molecule has 1 unspecified atom stereocenters. The summed E-state index contributed by atoms with van der Waals surface area (Å²) >= 11 is 0. The lowest BCUT2D eigenvalue weighted by atomic mass is 10.1. The predicted octanol–water partition coefficient (Wildman–Crippen LogP) is 2.30. The van der Waals surface area contributed by atoms with E-state index in [1.807, 2.05) is 38.5 Å². The molecule has 2 aromatic rings. The van der Waals surface area contributed by atoms with Gasteiger partial charge in [-0.15, -0.1) is 0 Å². The Hall–Kier alpha value is -1.85. The SMILES string of the molecule is CCN(Cc1cnn(C)c1)CC(O)COc1ccc(C)cc1C. The third-order valence-electron chi connectivity index (χ3n) is 3.84. The molecule has 0 bridgehead atoms. The molecule has 23 heavy (non-hydrogen) atoms. The van der Waals surface area contributed by atoms with Crippen LogP contribution in [-0.2, 0) is 13.6 Å². The van der Waals surface area contributed by atoms with Crippen molar-refractivity contribution in [3.05, 3.63) is 47.3 Å². The predicted molar refractivity (Wildman–Crippen MR) is 91.6 cm³/mol. The van der Waals surface area contributed by atoms with Gasteiger partial charge in [-0.05, 0) is 32.0 Å². The topological polar surface area (TPSA) is 50.5 Å². The van der Waals surface area contributed by atoms with E-state index >= 15 is 0 Å². The van der Waals surface area contributed by atoms with Crippen LogP contribution in [-0.4, -0.2) is 45.6 Å². The number of rotatable bonds is 8. The summed E-state index contributed by atoms with van der Waals surface area (Å²) in [7, 11) is 1.91. The number of hydrogen-bond donors (Lipinski definition) is 1. The smallest absolute Gasteiger partial charge is 0.122 e. The average Bonchev–Trinajstić information content (AvgIpc) is 2.91. The molecule has 1 aromatic heterocycles. The Morgan fingerprint density at radius 1 is 1.35 bits per heavy atom. The summed E-state index contributed by atoms with van der Waals surface area (Å²) in [5, 5.41) is 14.4. The Morgan fingerprint density at radius 3 is 2.74 bits per heavy atom. The first-order chi connectivity index (χ1) is 11.0. The molecule has 1 atom stereocenters. The van der Waals surface area contributed by atoms with E-state index in [0.717, 1.165) is 30.0 Å². The van der Waals surface area contributed by atoms with Gasteiger partial charge in [0, 0.05) is 31.9 Å². The first-order valence-electron chi connectivity index (χ1n) is 8.06. The number of aliphatic hydroxyl groups is 1. The molecule has 0 saturated heterocycles. The van der Waals surface area contributed by atoms with Crippen molar-refractivity contribution in [2.45, 2.75) is 33.4 Å². The zero-order valence-electron chi connectivity index (χ0n) is 14.5. The number of aryl methyl sites for hydroxylation is 3. The van der Waals surface area contributed by atoms with Gasteiger partial charge in [-0.1, -0.05) is 24.6 Å². The average molecular weight is 317 g/mol. The number of benzene rings is 1. The van der Waals surface area contributed by atoms with Crippen molar-refractivity contribution in [2.75, 3.05) is 19.7 Å². The Morgan fingerprint density at radius 2 is 2.13 bits per heavy atom. The van der Waals surface area contributed by atoms with E-state index in [1.165, 1.54) is 5.56 Å². The van der Waals surface area contributed by atoms with E-state index < -0.39 is 6.10 Å². The van der Waals surface area contributed by atoms with Gasteiger partial charge in [-0.3, -0.25) is 9.58 Å². The van der Waals surface area contributed by atoms with Crippen LogP contribution in [0.1, 0.15) is 23.6 Å². The monoisotopic (exact) mass is 317 g/mol. The summed E-state index contributed by atoms with van der Waals surface area (Å²) < 4.78 is 7.55. The molecule has 5 heteroatoms. The van der Waals surface area contributed by atoms with Gasteiger partial charge >= 0.3 is 0 Å². The minimum atomic E-state index is -0.521. The maximum atomic E-state index is 10.3. The summed E-state index contributed by atoms with van der Waals surface area (Å²) in [5.74, 6) is 0.838. The molecule has 5 nitrogen and oxygen atoms in total. The lowest BCUT2D eigenvalue weighted by Gasteiger charge is -2.23. The zero-order valence-corrected chi connectivity index (χ0v) is 14.5. The number of ether oxygens (including phenoxy) is 1. The van der Waals surface area contributed by atoms with E-state index in [4.69, 9.17) is 4.74 Å². The fourth-order valence-corrected chi connectivity index (χ4v) is 2.62. The van der Waals surface area contributed by atoms with Crippen LogP contribution < -0.4 is 4.74 Å². The third-order valence-corrected chi connectivity index (χ3v) is 3.84.